The van der Waals surface area contributed by atoms with Crippen LogP contribution in [0.1, 0.15) is 56.4 Å². The Morgan fingerprint density at radius 3 is 2.52 bits per heavy atom. The zero-order chi connectivity index (χ0) is 24.6. The molecule has 3 rings (SSSR count). The first-order chi connectivity index (χ1) is 15.3. The predicted octanol–water partition coefficient (Wildman–Crippen LogP) is 5.79. The topological polar surface area (TPSA) is 64.6 Å². The number of rotatable bonds is 4. The summed E-state index contributed by atoms with van der Waals surface area (Å²) < 4.78 is 64.8. The summed E-state index contributed by atoms with van der Waals surface area (Å²) in [5, 5.41) is 0.319. The molecule has 1 aromatic carbocycles. The lowest BCUT2D eigenvalue weighted by atomic mass is 10.1. The van der Waals surface area contributed by atoms with Crippen molar-refractivity contribution in [3.05, 3.63) is 46.7 Å². The van der Waals surface area contributed by atoms with E-state index in [0.717, 1.165) is 23.9 Å². The van der Waals surface area contributed by atoms with Crippen LogP contribution in [-0.2, 0) is 28.6 Å². The predicted molar refractivity (Wildman–Crippen MR) is 113 cm³/mol. The maximum atomic E-state index is 13.5. The van der Waals surface area contributed by atoms with Gasteiger partial charge in [-0.1, -0.05) is 11.8 Å². The van der Waals surface area contributed by atoms with E-state index in [0.29, 0.717) is 35.3 Å². The summed E-state index contributed by atoms with van der Waals surface area (Å²) in [4.78, 5) is 22.8. The SMILES string of the molecule is COC(C)c1nc2c(c(Sc3ccc(F)cc3C(F)(F)F)n1)CCN(C(=O)OC(C)(C)C)C2. The van der Waals surface area contributed by atoms with Crippen LogP contribution in [-0.4, -0.2) is 40.2 Å². The highest BCUT2D eigenvalue weighted by atomic mass is 32.2. The number of benzene rings is 1. The molecule has 0 radical (unpaired) electrons. The molecule has 0 aliphatic carbocycles. The van der Waals surface area contributed by atoms with Gasteiger partial charge < -0.3 is 14.4 Å². The summed E-state index contributed by atoms with van der Waals surface area (Å²) in [5.41, 5.74) is -0.591. The molecule has 11 heteroatoms. The van der Waals surface area contributed by atoms with Gasteiger partial charge in [0.1, 0.15) is 22.5 Å². The average Bonchev–Trinajstić information content (AvgIpc) is 2.71. The van der Waals surface area contributed by atoms with Crippen molar-refractivity contribution in [2.45, 2.75) is 68.5 Å². The Balaban J connectivity index is 2.01. The number of hydrogen-bond donors (Lipinski definition) is 0. The van der Waals surface area contributed by atoms with Crippen molar-refractivity contribution in [1.82, 2.24) is 14.9 Å². The summed E-state index contributed by atoms with van der Waals surface area (Å²) in [6, 6.07) is 2.54. The van der Waals surface area contributed by atoms with Crippen LogP contribution in [0.2, 0.25) is 0 Å². The van der Waals surface area contributed by atoms with Crippen molar-refractivity contribution in [1.29, 1.82) is 0 Å². The van der Waals surface area contributed by atoms with E-state index in [2.05, 4.69) is 9.97 Å². The van der Waals surface area contributed by atoms with Gasteiger partial charge in [0.25, 0.3) is 0 Å². The minimum atomic E-state index is -4.73. The first kappa shape index (κ1) is 25.2. The highest BCUT2D eigenvalue weighted by Crippen LogP contribution is 2.41. The molecule has 33 heavy (non-hydrogen) atoms. The normalized spacial score (nSPS) is 15.2. The molecule has 2 heterocycles. The fraction of sp³-hybridized carbons (Fsp3) is 0.500. The number of hydrogen-bond acceptors (Lipinski definition) is 6. The molecule has 180 valence electrons. The van der Waals surface area contributed by atoms with Crippen LogP contribution in [0, 0.1) is 5.82 Å². The van der Waals surface area contributed by atoms with Gasteiger partial charge in [0, 0.05) is 24.1 Å². The van der Waals surface area contributed by atoms with Gasteiger partial charge in [-0.05, 0) is 52.3 Å². The van der Waals surface area contributed by atoms with Gasteiger partial charge in [-0.25, -0.2) is 19.2 Å². The quantitative estimate of drug-likeness (QED) is 0.402. The summed E-state index contributed by atoms with van der Waals surface area (Å²) in [7, 11) is 1.47. The third-order valence-electron chi connectivity index (χ3n) is 4.87. The monoisotopic (exact) mass is 487 g/mol. The molecule has 0 saturated heterocycles. The van der Waals surface area contributed by atoms with Crippen LogP contribution in [0.3, 0.4) is 0 Å². The van der Waals surface area contributed by atoms with E-state index >= 15 is 0 Å². The van der Waals surface area contributed by atoms with E-state index in [1.54, 1.807) is 27.7 Å². The van der Waals surface area contributed by atoms with E-state index in [-0.39, 0.29) is 17.3 Å². The smallest absolute Gasteiger partial charge is 0.417 e. The fourth-order valence-corrected chi connectivity index (χ4v) is 4.30. The maximum absolute atomic E-state index is 13.5. The van der Waals surface area contributed by atoms with E-state index in [9.17, 15) is 22.4 Å². The van der Waals surface area contributed by atoms with E-state index in [4.69, 9.17) is 9.47 Å². The molecule has 0 bridgehead atoms. The van der Waals surface area contributed by atoms with E-state index < -0.39 is 35.4 Å². The summed E-state index contributed by atoms with van der Waals surface area (Å²) in [5.74, 6) is -0.696. The molecular weight excluding hydrogens is 462 g/mol. The molecule has 6 nitrogen and oxygen atoms in total. The number of methoxy groups -OCH3 is 1. The molecule has 0 N–H and O–H groups in total. The summed E-state index contributed by atoms with van der Waals surface area (Å²) in [6.45, 7) is 7.42. The number of carbonyl (C=O) groups is 1. The van der Waals surface area contributed by atoms with E-state index in [1.807, 2.05) is 0 Å². The van der Waals surface area contributed by atoms with Crippen molar-refractivity contribution in [3.8, 4) is 0 Å². The molecule has 1 unspecified atom stereocenters. The molecule has 1 amide bonds. The molecule has 0 spiro atoms. The van der Waals surface area contributed by atoms with E-state index in [1.165, 1.54) is 12.0 Å². The highest BCUT2D eigenvalue weighted by Gasteiger charge is 2.35. The fourth-order valence-electron chi connectivity index (χ4n) is 3.19. The van der Waals surface area contributed by atoms with Gasteiger partial charge in [-0.15, -0.1) is 0 Å². The molecule has 1 aliphatic heterocycles. The second kappa shape index (κ2) is 9.46. The van der Waals surface area contributed by atoms with Gasteiger partial charge in [0.15, 0.2) is 5.82 Å². The Bertz CT molecular complexity index is 1040. The van der Waals surface area contributed by atoms with Crippen molar-refractivity contribution in [3.63, 3.8) is 0 Å². The van der Waals surface area contributed by atoms with Gasteiger partial charge in [-0.3, -0.25) is 0 Å². The first-order valence-electron chi connectivity index (χ1n) is 10.2. The Morgan fingerprint density at radius 2 is 1.91 bits per heavy atom. The number of fused-ring (bicyclic) bond motifs is 1. The van der Waals surface area contributed by atoms with Crippen LogP contribution in [0.5, 0.6) is 0 Å². The number of nitrogens with zero attached hydrogens (tertiary/aromatic N) is 3. The third kappa shape index (κ3) is 6.14. The lowest BCUT2D eigenvalue weighted by Crippen LogP contribution is -2.40. The lowest BCUT2D eigenvalue weighted by molar-refractivity contribution is -0.139. The van der Waals surface area contributed by atoms with Crippen LogP contribution >= 0.6 is 11.8 Å². The second-order valence-corrected chi connectivity index (χ2v) is 9.61. The molecule has 1 aliphatic rings. The Hall–Kier alpha value is -2.40. The second-order valence-electron chi connectivity index (χ2n) is 8.58. The van der Waals surface area contributed by atoms with Crippen molar-refractivity contribution < 1.29 is 31.8 Å². The maximum Gasteiger partial charge on any atom is 0.417 e. The van der Waals surface area contributed by atoms with Gasteiger partial charge >= 0.3 is 12.3 Å². The standard InChI is InChI=1S/C22H25F4N3O3S/c1-12(31-5)18-27-16-11-29(20(30)32-21(2,3)4)9-8-14(16)19(28-18)33-17-7-6-13(23)10-15(17)22(24,25)26/h6-7,10,12H,8-9,11H2,1-5H3. The molecule has 1 atom stereocenters. The Morgan fingerprint density at radius 1 is 1.21 bits per heavy atom. The first-order valence-corrected chi connectivity index (χ1v) is 11.0. The lowest BCUT2D eigenvalue weighted by Gasteiger charge is -2.31. The third-order valence-corrected chi connectivity index (χ3v) is 5.97. The minimum Gasteiger partial charge on any atom is -0.444 e. The largest absolute Gasteiger partial charge is 0.444 e. The minimum absolute atomic E-state index is 0.124. The number of alkyl halides is 3. The Kier molecular flexibility index (Phi) is 7.23. The zero-order valence-corrected chi connectivity index (χ0v) is 19.7. The Labute approximate surface area is 193 Å². The molecule has 0 saturated carbocycles. The van der Waals surface area contributed by atoms with Crippen molar-refractivity contribution >= 4 is 17.9 Å². The van der Waals surface area contributed by atoms with Crippen LogP contribution in [0.4, 0.5) is 22.4 Å². The van der Waals surface area contributed by atoms with Crippen LogP contribution < -0.4 is 0 Å². The van der Waals surface area contributed by atoms with Crippen molar-refractivity contribution in [2.24, 2.45) is 0 Å². The van der Waals surface area contributed by atoms with Crippen LogP contribution in [0.15, 0.2) is 28.1 Å². The number of halogens is 4. The summed E-state index contributed by atoms with van der Waals surface area (Å²) >= 11 is 0.798. The molecule has 1 aromatic heterocycles. The van der Waals surface area contributed by atoms with Crippen molar-refractivity contribution in [2.75, 3.05) is 13.7 Å². The number of ether oxygens (including phenoxy) is 2. The average molecular weight is 488 g/mol. The number of carbonyl (C=O) groups excluding carboxylic acids is 1. The van der Waals surface area contributed by atoms with Gasteiger partial charge in [0.05, 0.1) is 17.8 Å². The summed E-state index contributed by atoms with van der Waals surface area (Å²) in [6.07, 6.45) is -5.42. The van der Waals surface area contributed by atoms with Crippen LogP contribution in [0.25, 0.3) is 0 Å². The van der Waals surface area contributed by atoms with Gasteiger partial charge in [-0.2, -0.15) is 13.2 Å². The molecule has 0 fully saturated rings. The van der Waals surface area contributed by atoms with Gasteiger partial charge in [0.2, 0.25) is 0 Å². The zero-order valence-electron chi connectivity index (χ0n) is 18.9. The molecule has 2 aromatic rings. The molecular formula is C22H25F4N3O3S. The number of aromatic nitrogens is 2. The highest BCUT2D eigenvalue weighted by molar-refractivity contribution is 7.99. The number of amides is 1.